The van der Waals surface area contributed by atoms with E-state index in [0.717, 1.165) is 6.92 Å². The molecular weight excluding hydrogens is 126 g/mol. The van der Waals surface area contributed by atoms with Crippen molar-refractivity contribution in [2.24, 2.45) is 0 Å². The van der Waals surface area contributed by atoms with Crippen LogP contribution in [0.1, 0.15) is 13.8 Å². The minimum atomic E-state index is -0.833. The summed E-state index contributed by atoms with van der Waals surface area (Å²) in [6.07, 6.45) is 0. The first-order valence-electron chi connectivity index (χ1n) is 2.11. The molecule has 5 heteroatoms. The van der Waals surface area contributed by atoms with Crippen molar-refractivity contribution in [3.63, 3.8) is 0 Å². The van der Waals surface area contributed by atoms with Crippen LogP contribution in [-0.4, -0.2) is 22.2 Å². The number of rotatable bonds is 0. The normalized spacial score (nSPS) is 6.56. The van der Waals surface area contributed by atoms with Crippen molar-refractivity contribution >= 4 is 11.9 Å². The number of carbonyl (C=O) groups is 2. The Balaban J connectivity index is 0. The number of nitrogens with one attached hydrogen (secondary N) is 1. The van der Waals surface area contributed by atoms with Gasteiger partial charge >= 0.3 is 0 Å². The van der Waals surface area contributed by atoms with Gasteiger partial charge in [-0.05, 0) is 0 Å². The van der Waals surface area contributed by atoms with Crippen molar-refractivity contribution in [1.82, 2.24) is 5.48 Å². The second-order valence-electron chi connectivity index (χ2n) is 1.19. The molecule has 0 unspecified atom stereocenters. The summed E-state index contributed by atoms with van der Waals surface area (Å²) in [6.45, 7) is 2.31. The highest BCUT2D eigenvalue weighted by Gasteiger charge is 1.74. The summed E-state index contributed by atoms with van der Waals surface area (Å²) in [5, 5.41) is 15.0. The van der Waals surface area contributed by atoms with Crippen LogP contribution in [0.25, 0.3) is 0 Å². The number of carbonyl (C=O) groups excluding carboxylic acids is 1. The van der Waals surface area contributed by atoms with E-state index in [1.54, 1.807) is 0 Å². The lowest BCUT2D eigenvalue weighted by Gasteiger charge is -1.78. The SMILES string of the molecule is CC(=O)NO.CC(=O)O. The Morgan fingerprint density at radius 1 is 1.33 bits per heavy atom. The van der Waals surface area contributed by atoms with Gasteiger partial charge in [-0.1, -0.05) is 0 Å². The van der Waals surface area contributed by atoms with E-state index in [1.807, 2.05) is 0 Å². The average molecular weight is 135 g/mol. The van der Waals surface area contributed by atoms with Crippen LogP contribution >= 0.6 is 0 Å². The molecule has 9 heavy (non-hydrogen) atoms. The summed E-state index contributed by atoms with van der Waals surface area (Å²) < 4.78 is 0. The lowest BCUT2D eigenvalue weighted by atomic mass is 10.8. The van der Waals surface area contributed by atoms with Gasteiger partial charge in [0.25, 0.3) is 5.97 Å². The smallest absolute Gasteiger partial charge is 0.300 e. The molecule has 0 spiro atoms. The number of hydroxylamine groups is 1. The van der Waals surface area contributed by atoms with Gasteiger partial charge in [-0.3, -0.25) is 14.8 Å². The van der Waals surface area contributed by atoms with E-state index in [-0.39, 0.29) is 0 Å². The fourth-order valence-corrected chi connectivity index (χ4v) is 0. The van der Waals surface area contributed by atoms with Gasteiger partial charge in [0.15, 0.2) is 0 Å². The van der Waals surface area contributed by atoms with E-state index >= 15 is 0 Å². The molecule has 0 aliphatic heterocycles. The summed E-state index contributed by atoms with van der Waals surface area (Å²) in [7, 11) is 0. The Morgan fingerprint density at radius 2 is 1.44 bits per heavy atom. The van der Waals surface area contributed by atoms with Crippen molar-refractivity contribution in [1.29, 1.82) is 0 Å². The zero-order valence-electron chi connectivity index (χ0n) is 5.21. The van der Waals surface area contributed by atoms with Crippen LogP contribution in [0.15, 0.2) is 0 Å². The molecule has 0 bridgehead atoms. The molecule has 1 amide bonds. The molecule has 0 aliphatic carbocycles. The largest absolute Gasteiger partial charge is 0.481 e. The molecule has 0 aromatic rings. The van der Waals surface area contributed by atoms with E-state index < -0.39 is 11.9 Å². The van der Waals surface area contributed by atoms with Gasteiger partial charge < -0.3 is 5.11 Å². The predicted octanol–water partition coefficient (Wildman–Crippen LogP) is -0.397. The molecular formula is C4H9NO4. The van der Waals surface area contributed by atoms with Gasteiger partial charge in [0.05, 0.1) is 0 Å². The molecule has 0 rings (SSSR count). The quantitative estimate of drug-likeness (QED) is 0.311. The number of hydrogen-bond donors (Lipinski definition) is 3. The second kappa shape index (κ2) is 6.90. The third-order valence-corrected chi connectivity index (χ3v) is 0.157. The molecule has 0 aromatic carbocycles. The fourth-order valence-electron chi connectivity index (χ4n) is 0. The van der Waals surface area contributed by atoms with Crippen LogP contribution < -0.4 is 5.48 Å². The van der Waals surface area contributed by atoms with Gasteiger partial charge in [0, 0.05) is 13.8 Å². The summed E-state index contributed by atoms with van der Waals surface area (Å²) in [4.78, 5) is 18.5. The van der Waals surface area contributed by atoms with E-state index in [1.165, 1.54) is 12.4 Å². The van der Waals surface area contributed by atoms with Gasteiger partial charge in [-0.2, -0.15) is 0 Å². The Labute approximate surface area is 52.3 Å². The summed E-state index contributed by atoms with van der Waals surface area (Å²) in [6, 6.07) is 0. The number of carboxylic acid groups (broad SMARTS) is 1. The van der Waals surface area contributed by atoms with Crippen molar-refractivity contribution < 1.29 is 19.9 Å². The lowest BCUT2D eigenvalue weighted by molar-refractivity contribution is -0.134. The Morgan fingerprint density at radius 3 is 1.44 bits per heavy atom. The Kier molecular flexibility index (Phi) is 8.28. The number of carboxylic acids is 1. The maximum Gasteiger partial charge on any atom is 0.300 e. The summed E-state index contributed by atoms with van der Waals surface area (Å²) >= 11 is 0. The average Bonchev–Trinajstić information content (AvgIpc) is 1.65. The van der Waals surface area contributed by atoms with Crippen LogP contribution in [-0.2, 0) is 9.59 Å². The van der Waals surface area contributed by atoms with Crippen LogP contribution in [0.2, 0.25) is 0 Å². The molecule has 0 saturated heterocycles. The number of amides is 1. The molecule has 54 valence electrons. The molecule has 0 saturated carbocycles. The van der Waals surface area contributed by atoms with Gasteiger partial charge in [-0.15, -0.1) is 0 Å². The zero-order chi connectivity index (χ0) is 7.86. The molecule has 0 aromatic heterocycles. The van der Waals surface area contributed by atoms with Crippen molar-refractivity contribution in [3.05, 3.63) is 0 Å². The second-order valence-corrected chi connectivity index (χ2v) is 1.19. The van der Waals surface area contributed by atoms with Crippen molar-refractivity contribution in [2.45, 2.75) is 13.8 Å². The van der Waals surface area contributed by atoms with Crippen LogP contribution in [0.5, 0.6) is 0 Å². The maximum atomic E-state index is 9.45. The van der Waals surface area contributed by atoms with Crippen LogP contribution in [0.3, 0.4) is 0 Å². The van der Waals surface area contributed by atoms with Crippen LogP contribution in [0, 0.1) is 0 Å². The number of hydrogen-bond acceptors (Lipinski definition) is 3. The first kappa shape index (κ1) is 10.8. The monoisotopic (exact) mass is 135 g/mol. The van der Waals surface area contributed by atoms with E-state index in [0.29, 0.717) is 0 Å². The van der Waals surface area contributed by atoms with Gasteiger partial charge in [0.1, 0.15) is 0 Å². The summed E-state index contributed by atoms with van der Waals surface area (Å²) in [5.74, 6) is -1.27. The standard InChI is InChI=1S/C2H5NO2.C2H4O2/c1-2(4)3-5;1-2(3)4/h5H,1H3,(H,3,4);1H3,(H,3,4). The lowest BCUT2D eigenvalue weighted by Crippen LogP contribution is -2.12. The molecule has 0 atom stereocenters. The molecule has 3 N–H and O–H groups in total. The highest BCUT2D eigenvalue weighted by atomic mass is 16.5. The third kappa shape index (κ3) is 205. The van der Waals surface area contributed by atoms with E-state index in [4.69, 9.17) is 15.1 Å². The van der Waals surface area contributed by atoms with Crippen molar-refractivity contribution in [2.75, 3.05) is 0 Å². The maximum absolute atomic E-state index is 9.45. The predicted molar refractivity (Wildman–Crippen MR) is 28.9 cm³/mol. The Hall–Kier alpha value is -1.10. The molecule has 5 nitrogen and oxygen atoms in total. The molecule has 0 heterocycles. The first-order chi connectivity index (χ1) is 4.00. The summed E-state index contributed by atoms with van der Waals surface area (Å²) in [5.41, 5.74) is 1.39. The minimum absolute atomic E-state index is 0.440. The van der Waals surface area contributed by atoms with E-state index in [2.05, 4.69) is 0 Å². The zero-order valence-corrected chi connectivity index (χ0v) is 5.21. The highest BCUT2D eigenvalue weighted by molar-refractivity contribution is 5.71. The topological polar surface area (TPSA) is 86.6 Å². The molecule has 0 radical (unpaired) electrons. The van der Waals surface area contributed by atoms with E-state index in [9.17, 15) is 4.79 Å². The third-order valence-electron chi connectivity index (χ3n) is 0.157. The highest BCUT2D eigenvalue weighted by Crippen LogP contribution is 1.44. The fraction of sp³-hybridized carbons (Fsp3) is 0.500. The number of aliphatic carboxylic acids is 1. The van der Waals surface area contributed by atoms with Crippen molar-refractivity contribution in [3.8, 4) is 0 Å². The Bertz CT molecular complexity index is 96.7. The first-order valence-corrected chi connectivity index (χ1v) is 2.11. The van der Waals surface area contributed by atoms with Crippen LogP contribution in [0.4, 0.5) is 0 Å². The molecule has 0 fully saturated rings. The van der Waals surface area contributed by atoms with Gasteiger partial charge in [-0.25, -0.2) is 5.48 Å². The minimum Gasteiger partial charge on any atom is -0.481 e. The molecule has 0 aliphatic rings. The van der Waals surface area contributed by atoms with Gasteiger partial charge in [0.2, 0.25) is 5.91 Å².